The van der Waals surface area contributed by atoms with E-state index >= 15 is 0 Å². The van der Waals surface area contributed by atoms with Gasteiger partial charge >= 0.3 is 12.0 Å². The molecule has 0 bridgehead atoms. The summed E-state index contributed by atoms with van der Waals surface area (Å²) in [5, 5.41) is 14.0. The lowest BCUT2D eigenvalue weighted by molar-refractivity contribution is -0.147. The van der Waals surface area contributed by atoms with E-state index in [-0.39, 0.29) is 12.5 Å². The Morgan fingerprint density at radius 2 is 2.05 bits per heavy atom. The molecule has 2 atom stereocenters. The fourth-order valence-corrected chi connectivity index (χ4v) is 2.48. The van der Waals surface area contributed by atoms with Crippen LogP contribution in [0.25, 0.3) is 0 Å². The maximum atomic E-state index is 11.8. The Balaban J connectivity index is 2.50. The van der Waals surface area contributed by atoms with Crippen LogP contribution in [0.4, 0.5) is 4.79 Å². The van der Waals surface area contributed by atoms with Crippen molar-refractivity contribution in [2.75, 3.05) is 19.6 Å². The summed E-state index contributed by atoms with van der Waals surface area (Å²) in [4.78, 5) is 36.0. The van der Waals surface area contributed by atoms with Gasteiger partial charge < -0.3 is 10.4 Å². The summed E-state index contributed by atoms with van der Waals surface area (Å²) >= 11 is 0. The summed E-state index contributed by atoms with van der Waals surface area (Å²) in [5.74, 6) is -1.39. The van der Waals surface area contributed by atoms with E-state index in [9.17, 15) is 19.5 Å². The average Bonchev–Trinajstić information content (AvgIpc) is 2.35. The van der Waals surface area contributed by atoms with Crippen molar-refractivity contribution in [3.05, 3.63) is 0 Å². The first-order valence-corrected chi connectivity index (χ1v) is 7.00. The van der Waals surface area contributed by atoms with Crippen molar-refractivity contribution < 1.29 is 19.5 Å². The number of carboxylic acids is 1. The number of carbonyl (C=O) groups excluding carboxylic acids is 2. The van der Waals surface area contributed by atoms with E-state index < -0.39 is 23.9 Å². The number of hydrogen-bond donors (Lipinski definition) is 3. The van der Waals surface area contributed by atoms with Crippen LogP contribution < -0.4 is 10.6 Å². The van der Waals surface area contributed by atoms with Crippen LogP contribution in [0.15, 0.2) is 0 Å². The van der Waals surface area contributed by atoms with Gasteiger partial charge in [0.05, 0.1) is 6.54 Å². The fraction of sp³-hybridized carbons (Fsp3) is 0.769. The number of amides is 3. The van der Waals surface area contributed by atoms with Gasteiger partial charge in [0, 0.05) is 6.54 Å². The van der Waals surface area contributed by atoms with Crippen LogP contribution in [0.5, 0.6) is 0 Å². The largest absolute Gasteiger partial charge is 0.480 e. The number of nitrogens with one attached hydrogen (secondary N) is 2. The highest BCUT2D eigenvalue weighted by Crippen LogP contribution is 2.23. The third-order valence-electron chi connectivity index (χ3n) is 3.43. The predicted molar refractivity (Wildman–Crippen MR) is 73.2 cm³/mol. The lowest BCUT2D eigenvalue weighted by Gasteiger charge is -2.36. The van der Waals surface area contributed by atoms with Crippen molar-refractivity contribution >= 4 is 17.9 Å². The van der Waals surface area contributed by atoms with Gasteiger partial charge in [0.15, 0.2) is 0 Å². The summed E-state index contributed by atoms with van der Waals surface area (Å²) < 4.78 is 0. The lowest BCUT2D eigenvalue weighted by Crippen LogP contribution is -2.53. The molecule has 1 heterocycles. The molecule has 0 spiro atoms. The molecule has 7 nitrogen and oxygen atoms in total. The highest BCUT2D eigenvalue weighted by Gasteiger charge is 2.35. The maximum absolute atomic E-state index is 11.8. The smallest absolute Gasteiger partial charge is 0.321 e. The monoisotopic (exact) mass is 285 g/mol. The van der Waals surface area contributed by atoms with Crippen molar-refractivity contribution in [3.8, 4) is 0 Å². The summed E-state index contributed by atoms with van der Waals surface area (Å²) in [5.41, 5.74) is 0. The van der Waals surface area contributed by atoms with Crippen LogP contribution in [-0.4, -0.2) is 53.6 Å². The van der Waals surface area contributed by atoms with Crippen LogP contribution in [0.1, 0.15) is 33.1 Å². The summed E-state index contributed by atoms with van der Waals surface area (Å²) in [6, 6.07) is -1.19. The molecule has 0 aliphatic carbocycles. The Morgan fingerprint density at radius 3 is 2.65 bits per heavy atom. The second-order valence-corrected chi connectivity index (χ2v) is 5.18. The molecule has 0 aromatic heterocycles. The number of carbonyl (C=O) groups is 3. The normalized spacial score (nSPS) is 23.1. The van der Waals surface area contributed by atoms with Crippen molar-refractivity contribution in [2.45, 2.75) is 39.2 Å². The third-order valence-corrected chi connectivity index (χ3v) is 3.43. The number of hydrogen-bond acceptors (Lipinski definition) is 4. The van der Waals surface area contributed by atoms with Crippen LogP contribution in [0, 0.1) is 5.92 Å². The maximum Gasteiger partial charge on any atom is 0.321 e. The predicted octanol–water partition coefficient (Wildman–Crippen LogP) is 0.407. The molecule has 3 N–H and O–H groups in total. The molecule has 20 heavy (non-hydrogen) atoms. The molecule has 1 aliphatic rings. The van der Waals surface area contributed by atoms with Crippen LogP contribution in [0.3, 0.4) is 0 Å². The second kappa shape index (κ2) is 7.84. The van der Waals surface area contributed by atoms with Gasteiger partial charge in [-0.15, -0.1) is 0 Å². The molecule has 114 valence electrons. The standard InChI is InChI=1S/C13H23N3O4/c1-3-6-14-13(20)15-10(17)8-16-7-4-5-9(2)11(16)12(18)19/h9,11H,3-8H2,1-2H3,(H,18,19)(H2,14,15,17,20). The SMILES string of the molecule is CCCNC(=O)NC(=O)CN1CCCC(C)C1C(=O)O. The van der Waals surface area contributed by atoms with Crippen molar-refractivity contribution in [1.29, 1.82) is 0 Å². The molecule has 3 amide bonds. The zero-order valence-electron chi connectivity index (χ0n) is 12.0. The molecule has 0 radical (unpaired) electrons. The zero-order chi connectivity index (χ0) is 15.1. The molecule has 0 saturated carbocycles. The Kier molecular flexibility index (Phi) is 6.44. The number of imide groups is 1. The first-order valence-electron chi connectivity index (χ1n) is 7.00. The molecular formula is C13H23N3O4. The van der Waals surface area contributed by atoms with Crippen LogP contribution in [0.2, 0.25) is 0 Å². The van der Waals surface area contributed by atoms with Gasteiger partial charge in [-0.25, -0.2) is 4.79 Å². The number of piperidine rings is 1. The number of likely N-dealkylation sites (tertiary alicyclic amines) is 1. The van der Waals surface area contributed by atoms with Crippen molar-refractivity contribution in [3.63, 3.8) is 0 Å². The Labute approximate surface area is 118 Å². The van der Waals surface area contributed by atoms with Gasteiger partial charge in [-0.05, 0) is 31.7 Å². The van der Waals surface area contributed by atoms with E-state index in [1.807, 2.05) is 13.8 Å². The van der Waals surface area contributed by atoms with Crippen LogP contribution >= 0.6 is 0 Å². The minimum Gasteiger partial charge on any atom is -0.480 e. The number of nitrogens with zero attached hydrogens (tertiary/aromatic N) is 1. The van der Waals surface area contributed by atoms with Gasteiger partial charge in [0.1, 0.15) is 6.04 Å². The first-order chi connectivity index (χ1) is 9.45. The first kappa shape index (κ1) is 16.4. The van der Waals surface area contributed by atoms with Gasteiger partial charge in [0.25, 0.3) is 0 Å². The number of rotatable bonds is 5. The third kappa shape index (κ3) is 4.80. The highest BCUT2D eigenvalue weighted by molar-refractivity contribution is 5.95. The van der Waals surface area contributed by atoms with E-state index in [1.165, 1.54) is 0 Å². The van der Waals surface area contributed by atoms with E-state index in [0.717, 1.165) is 19.3 Å². The van der Waals surface area contributed by atoms with Gasteiger partial charge in [-0.3, -0.25) is 19.8 Å². The molecule has 1 aliphatic heterocycles. The molecule has 1 rings (SSSR count). The van der Waals surface area contributed by atoms with E-state index in [4.69, 9.17) is 0 Å². The van der Waals surface area contributed by atoms with Crippen molar-refractivity contribution in [1.82, 2.24) is 15.5 Å². The number of aliphatic carboxylic acids is 1. The quantitative estimate of drug-likeness (QED) is 0.679. The zero-order valence-corrected chi connectivity index (χ0v) is 12.0. The second-order valence-electron chi connectivity index (χ2n) is 5.18. The molecule has 2 unspecified atom stereocenters. The lowest BCUT2D eigenvalue weighted by atomic mass is 9.91. The Hall–Kier alpha value is -1.63. The van der Waals surface area contributed by atoms with Gasteiger partial charge in [-0.1, -0.05) is 13.8 Å². The minimum atomic E-state index is -0.916. The summed E-state index contributed by atoms with van der Waals surface area (Å²) in [6.45, 7) is 4.77. The number of carboxylic acid groups (broad SMARTS) is 1. The molecular weight excluding hydrogens is 262 g/mol. The van der Waals surface area contributed by atoms with Gasteiger partial charge in [0.2, 0.25) is 5.91 Å². The minimum absolute atomic E-state index is 0.00275. The molecule has 0 aromatic carbocycles. The van der Waals surface area contributed by atoms with E-state index in [0.29, 0.717) is 13.1 Å². The molecule has 7 heteroatoms. The van der Waals surface area contributed by atoms with Crippen LogP contribution in [-0.2, 0) is 9.59 Å². The molecule has 1 fully saturated rings. The van der Waals surface area contributed by atoms with Gasteiger partial charge in [-0.2, -0.15) is 0 Å². The summed E-state index contributed by atoms with van der Waals surface area (Å²) in [6.07, 6.45) is 2.48. The molecule has 0 aromatic rings. The van der Waals surface area contributed by atoms with E-state index in [2.05, 4.69) is 10.6 Å². The summed E-state index contributed by atoms with van der Waals surface area (Å²) in [7, 11) is 0. The fourth-order valence-electron chi connectivity index (χ4n) is 2.48. The van der Waals surface area contributed by atoms with Crippen molar-refractivity contribution in [2.24, 2.45) is 5.92 Å². The average molecular weight is 285 g/mol. The van der Waals surface area contributed by atoms with E-state index in [1.54, 1.807) is 4.90 Å². The highest BCUT2D eigenvalue weighted by atomic mass is 16.4. The Bertz CT molecular complexity index is 373. The Morgan fingerprint density at radius 1 is 1.35 bits per heavy atom. The topological polar surface area (TPSA) is 98.7 Å². The molecule has 1 saturated heterocycles. The number of urea groups is 1.